The lowest BCUT2D eigenvalue weighted by atomic mass is 9.96. The fourth-order valence-electron chi connectivity index (χ4n) is 3.25. The van der Waals surface area contributed by atoms with E-state index >= 15 is 0 Å². The van der Waals surface area contributed by atoms with E-state index in [9.17, 15) is 0 Å². The van der Waals surface area contributed by atoms with Crippen LogP contribution in [0.2, 0.25) is 0 Å². The van der Waals surface area contributed by atoms with Crippen molar-refractivity contribution in [3.63, 3.8) is 0 Å². The van der Waals surface area contributed by atoms with Gasteiger partial charge in [0.15, 0.2) is 0 Å². The number of nitrogens with zero attached hydrogens (tertiary/aromatic N) is 3. The van der Waals surface area contributed by atoms with E-state index < -0.39 is 0 Å². The Kier molecular flexibility index (Phi) is 6.78. The zero-order chi connectivity index (χ0) is 19.3. The average molecular weight is 353 g/mol. The van der Waals surface area contributed by atoms with Crippen molar-refractivity contribution >= 4 is 22.8 Å². The average Bonchev–Trinajstić information content (AvgIpc) is 2.59. The predicted octanol–water partition coefficient (Wildman–Crippen LogP) is 5.20. The first-order valence-electron chi connectivity index (χ1n) is 9.51. The second-order valence-electron chi connectivity index (χ2n) is 7.15. The summed E-state index contributed by atoms with van der Waals surface area (Å²) < 4.78 is 0. The molecule has 0 unspecified atom stereocenters. The zero-order valence-electron chi connectivity index (χ0n) is 17.0. The van der Waals surface area contributed by atoms with Crippen molar-refractivity contribution in [2.45, 2.75) is 46.6 Å². The smallest absolute Gasteiger partial charge is 0.0874 e. The van der Waals surface area contributed by atoms with Gasteiger partial charge in [0.2, 0.25) is 0 Å². The number of benzene rings is 1. The van der Waals surface area contributed by atoms with Gasteiger partial charge in [0.1, 0.15) is 0 Å². The Morgan fingerprint density at radius 2 is 1.69 bits per heavy atom. The van der Waals surface area contributed by atoms with E-state index in [1.54, 1.807) is 0 Å². The maximum Gasteiger partial charge on any atom is 0.0874 e. The molecule has 1 N–H and O–H groups in total. The second kappa shape index (κ2) is 8.84. The molecule has 0 radical (unpaired) electrons. The topological polar surface area (TPSA) is 42.7 Å². The minimum absolute atomic E-state index is 0.476. The van der Waals surface area contributed by atoms with Gasteiger partial charge in [0.05, 0.1) is 22.8 Å². The Bertz CT molecular complexity index is 721. The monoisotopic (exact) mass is 352 g/mol. The van der Waals surface area contributed by atoms with Gasteiger partial charge in [0, 0.05) is 32.4 Å². The summed E-state index contributed by atoms with van der Waals surface area (Å²) in [6, 6.07) is 8.92. The molecule has 4 nitrogen and oxygen atoms in total. The van der Waals surface area contributed by atoms with Crippen LogP contribution in [0.5, 0.6) is 0 Å². The van der Waals surface area contributed by atoms with Gasteiger partial charge in [-0.25, -0.2) is 4.99 Å². The summed E-state index contributed by atoms with van der Waals surface area (Å²) >= 11 is 0. The summed E-state index contributed by atoms with van der Waals surface area (Å²) in [7, 11) is 4.00. The van der Waals surface area contributed by atoms with Crippen molar-refractivity contribution in [3.8, 4) is 0 Å². The minimum Gasteiger partial charge on any atom is -0.376 e. The van der Waals surface area contributed by atoms with E-state index in [1.807, 2.05) is 25.1 Å². The van der Waals surface area contributed by atoms with Crippen LogP contribution in [-0.2, 0) is 0 Å². The molecule has 0 heterocycles. The molecular weight excluding hydrogens is 320 g/mol. The second-order valence-corrected chi connectivity index (χ2v) is 7.15. The maximum absolute atomic E-state index is 8.25. The van der Waals surface area contributed by atoms with Gasteiger partial charge >= 0.3 is 0 Å². The molecule has 1 aliphatic carbocycles. The number of anilines is 1. The van der Waals surface area contributed by atoms with Gasteiger partial charge in [-0.05, 0) is 69.2 Å². The van der Waals surface area contributed by atoms with Gasteiger partial charge in [-0.15, -0.1) is 0 Å². The summed E-state index contributed by atoms with van der Waals surface area (Å²) in [4.78, 5) is 9.26. The van der Waals surface area contributed by atoms with E-state index in [4.69, 9.17) is 10.4 Å². The Hall–Kier alpha value is -2.36. The van der Waals surface area contributed by atoms with Crippen molar-refractivity contribution in [3.05, 3.63) is 47.7 Å². The molecule has 0 spiro atoms. The van der Waals surface area contributed by atoms with Crippen molar-refractivity contribution in [1.82, 2.24) is 4.90 Å². The van der Waals surface area contributed by atoms with E-state index in [-0.39, 0.29) is 0 Å². The van der Waals surface area contributed by atoms with Crippen molar-refractivity contribution in [2.75, 3.05) is 25.5 Å². The standard InChI is InChI=1S/C22H32N4/c1-7-9-17-14-21(22(25(5)6)15-20(17)23)24-18-10-12-19(13-11-18)26(8-2)16(3)4/h10-16,23H,7-9H2,1-6H3/b23-20?,24-21+. The number of hydrogen-bond acceptors (Lipinski definition) is 4. The molecule has 0 atom stereocenters. The normalized spacial score (nSPS) is 16.0. The highest BCUT2D eigenvalue weighted by atomic mass is 15.1. The third-order valence-corrected chi connectivity index (χ3v) is 4.60. The van der Waals surface area contributed by atoms with Crippen molar-refractivity contribution < 1.29 is 0 Å². The fraction of sp³-hybridized carbons (Fsp3) is 0.455. The molecule has 0 bridgehead atoms. The third-order valence-electron chi connectivity index (χ3n) is 4.60. The molecule has 4 heteroatoms. The van der Waals surface area contributed by atoms with Crippen LogP contribution in [0.4, 0.5) is 11.4 Å². The van der Waals surface area contributed by atoms with E-state index in [0.717, 1.165) is 42.1 Å². The van der Waals surface area contributed by atoms with Crippen LogP contribution < -0.4 is 4.90 Å². The summed E-state index contributed by atoms with van der Waals surface area (Å²) in [6.07, 6.45) is 5.94. The molecule has 0 fully saturated rings. The predicted molar refractivity (Wildman–Crippen MR) is 114 cm³/mol. The van der Waals surface area contributed by atoms with Crippen LogP contribution >= 0.6 is 0 Å². The molecule has 140 valence electrons. The van der Waals surface area contributed by atoms with E-state index in [2.05, 4.69) is 62.9 Å². The van der Waals surface area contributed by atoms with Gasteiger partial charge < -0.3 is 15.2 Å². The molecule has 0 aliphatic heterocycles. The molecule has 1 aromatic rings. The molecule has 1 aliphatic rings. The number of allylic oxidation sites excluding steroid dienone is 3. The van der Waals surface area contributed by atoms with Gasteiger partial charge in [-0.1, -0.05) is 13.3 Å². The quantitative estimate of drug-likeness (QED) is 0.685. The third kappa shape index (κ3) is 4.63. The number of aliphatic imine (C=N–C) groups is 1. The number of rotatable bonds is 7. The van der Waals surface area contributed by atoms with E-state index in [0.29, 0.717) is 11.8 Å². The maximum atomic E-state index is 8.25. The summed E-state index contributed by atoms with van der Waals surface area (Å²) in [5, 5.41) is 8.25. The van der Waals surface area contributed by atoms with Crippen molar-refractivity contribution in [2.24, 2.45) is 4.99 Å². The molecule has 26 heavy (non-hydrogen) atoms. The first kappa shape index (κ1) is 20.0. The number of nitrogens with one attached hydrogen (secondary N) is 1. The SMILES string of the molecule is CCCC1=C/C(=N\c2ccc(N(CC)C(C)C)cc2)C(N(C)C)=CC1=N. The van der Waals surface area contributed by atoms with Crippen LogP contribution in [0, 0.1) is 5.41 Å². The molecule has 0 saturated carbocycles. The molecular formula is C22H32N4. The van der Waals surface area contributed by atoms with Gasteiger partial charge in [-0.2, -0.15) is 0 Å². The summed E-state index contributed by atoms with van der Waals surface area (Å²) in [5.41, 5.74) is 5.74. The zero-order valence-corrected chi connectivity index (χ0v) is 17.0. The highest BCUT2D eigenvalue weighted by Crippen LogP contribution is 2.25. The van der Waals surface area contributed by atoms with Crippen LogP contribution in [0.3, 0.4) is 0 Å². The summed E-state index contributed by atoms with van der Waals surface area (Å²) in [6.45, 7) is 9.73. The summed E-state index contributed by atoms with van der Waals surface area (Å²) in [5.74, 6) is 0. The fourth-order valence-corrected chi connectivity index (χ4v) is 3.25. The van der Waals surface area contributed by atoms with Gasteiger partial charge in [-0.3, -0.25) is 0 Å². The molecule has 0 amide bonds. The molecule has 0 aromatic heterocycles. The Morgan fingerprint density at radius 3 is 2.19 bits per heavy atom. The number of hydrogen-bond donors (Lipinski definition) is 1. The Balaban J connectivity index is 2.36. The van der Waals surface area contributed by atoms with E-state index in [1.165, 1.54) is 5.69 Å². The lowest BCUT2D eigenvalue weighted by Gasteiger charge is -2.27. The lowest BCUT2D eigenvalue weighted by Crippen LogP contribution is -2.30. The largest absolute Gasteiger partial charge is 0.376 e. The molecule has 0 saturated heterocycles. The first-order valence-corrected chi connectivity index (χ1v) is 9.51. The Morgan fingerprint density at radius 1 is 1.04 bits per heavy atom. The van der Waals surface area contributed by atoms with Crippen LogP contribution in [0.1, 0.15) is 40.5 Å². The first-order chi connectivity index (χ1) is 12.4. The van der Waals surface area contributed by atoms with Gasteiger partial charge in [0.25, 0.3) is 0 Å². The van der Waals surface area contributed by atoms with Crippen LogP contribution in [0.15, 0.2) is 52.7 Å². The van der Waals surface area contributed by atoms with Crippen molar-refractivity contribution in [1.29, 1.82) is 5.41 Å². The highest BCUT2D eigenvalue weighted by Gasteiger charge is 2.17. The highest BCUT2D eigenvalue weighted by molar-refractivity contribution is 6.23. The minimum atomic E-state index is 0.476. The lowest BCUT2D eigenvalue weighted by molar-refractivity contribution is 0.540. The van der Waals surface area contributed by atoms with Crippen LogP contribution in [0.25, 0.3) is 0 Å². The molecule has 2 rings (SSSR count). The Labute approximate surface area is 158 Å². The molecule has 1 aromatic carbocycles. The van der Waals surface area contributed by atoms with Crippen LogP contribution in [-0.4, -0.2) is 43.0 Å².